The number of amides is 2. The smallest absolute Gasteiger partial charge is 0.387 e. The van der Waals surface area contributed by atoms with E-state index in [0.29, 0.717) is 13.1 Å². The van der Waals surface area contributed by atoms with Crippen LogP contribution in [-0.4, -0.2) is 50.1 Å². The molecule has 132 valence electrons. The molecule has 8 heteroatoms. The fourth-order valence-electron chi connectivity index (χ4n) is 2.52. The number of piperidine rings is 1. The number of benzene rings is 1. The molecule has 1 aromatic rings. The van der Waals surface area contributed by atoms with Crippen molar-refractivity contribution in [2.45, 2.75) is 25.9 Å². The Labute approximate surface area is 138 Å². The highest BCUT2D eigenvalue weighted by Gasteiger charge is 2.18. The maximum Gasteiger partial charge on any atom is 0.387 e. The van der Waals surface area contributed by atoms with Gasteiger partial charge in [0.1, 0.15) is 0 Å². The van der Waals surface area contributed by atoms with Crippen molar-refractivity contribution in [3.63, 3.8) is 0 Å². The zero-order valence-electron chi connectivity index (χ0n) is 13.4. The second kappa shape index (κ2) is 8.47. The molecule has 0 spiro atoms. The number of methoxy groups -OCH3 is 1. The predicted octanol–water partition coefficient (Wildman–Crippen LogP) is 2.04. The van der Waals surface area contributed by atoms with Crippen molar-refractivity contribution in [1.82, 2.24) is 10.2 Å². The minimum atomic E-state index is -2.99. The van der Waals surface area contributed by atoms with E-state index >= 15 is 0 Å². The fraction of sp³-hybridized carbons (Fsp3) is 0.500. The summed E-state index contributed by atoms with van der Waals surface area (Å²) in [5, 5.41) is 2.53. The maximum absolute atomic E-state index is 12.3. The van der Waals surface area contributed by atoms with Crippen molar-refractivity contribution in [2.75, 3.05) is 26.7 Å². The molecule has 1 saturated heterocycles. The van der Waals surface area contributed by atoms with E-state index in [2.05, 4.69) is 10.1 Å². The van der Waals surface area contributed by atoms with Crippen LogP contribution in [0.15, 0.2) is 18.2 Å². The van der Waals surface area contributed by atoms with Crippen molar-refractivity contribution in [3.8, 4) is 11.5 Å². The monoisotopic (exact) mass is 342 g/mol. The van der Waals surface area contributed by atoms with Crippen LogP contribution >= 0.6 is 0 Å². The van der Waals surface area contributed by atoms with Gasteiger partial charge in [-0.2, -0.15) is 8.78 Å². The van der Waals surface area contributed by atoms with Gasteiger partial charge in [-0.15, -0.1) is 0 Å². The Morgan fingerprint density at radius 1 is 1.21 bits per heavy atom. The van der Waals surface area contributed by atoms with Gasteiger partial charge in [-0.1, -0.05) is 0 Å². The molecule has 0 atom stereocenters. The third-order valence-corrected chi connectivity index (χ3v) is 3.75. The van der Waals surface area contributed by atoms with E-state index in [0.717, 1.165) is 19.3 Å². The number of nitrogens with one attached hydrogen (secondary N) is 1. The van der Waals surface area contributed by atoms with E-state index in [4.69, 9.17) is 4.74 Å². The van der Waals surface area contributed by atoms with Crippen molar-refractivity contribution >= 4 is 11.8 Å². The number of alkyl halides is 2. The molecular formula is C16H20F2N2O4. The van der Waals surface area contributed by atoms with Crippen molar-refractivity contribution in [3.05, 3.63) is 23.8 Å². The highest BCUT2D eigenvalue weighted by atomic mass is 19.3. The van der Waals surface area contributed by atoms with E-state index in [-0.39, 0.29) is 29.5 Å². The van der Waals surface area contributed by atoms with Crippen LogP contribution < -0.4 is 14.8 Å². The standard InChI is InChI=1S/C16H20F2N2O4/c1-23-13-9-11(5-6-12(13)24-16(17)18)15(22)19-10-14(21)20-7-3-2-4-8-20/h5-6,9,16H,2-4,7-8,10H2,1H3,(H,19,22). The first-order chi connectivity index (χ1) is 11.5. The normalized spacial score (nSPS) is 14.4. The molecule has 6 nitrogen and oxygen atoms in total. The molecule has 0 saturated carbocycles. The zero-order valence-corrected chi connectivity index (χ0v) is 13.4. The lowest BCUT2D eigenvalue weighted by atomic mass is 10.1. The summed E-state index contributed by atoms with van der Waals surface area (Å²) in [4.78, 5) is 25.8. The Hall–Kier alpha value is -2.38. The lowest BCUT2D eigenvalue weighted by Gasteiger charge is -2.26. The quantitative estimate of drug-likeness (QED) is 0.859. The van der Waals surface area contributed by atoms with Gasteiger partial charge in [0.25, 0.3) is 5.91 Å². The summed E-state index contributed by atoms with van der Waals surface area (Å²) in [7, 11) is 1.29. The van der Waals surface area contributed by atoms with E-state index in [1.54, 1.807) is 4.90 Å². The summed E-state index contributed by atoms with van der Waals surface area (Å²) in [6, 6.07) is 3.85. The average molecular weight is 342 g/mol. The number of carbonyl (C=O) groups is 2. The third-order valence-electron chi connectivity index (χ3n) is 3.75. The van der Waals surface area contributed by atoms with Gasteiger partial charge in [-0.25, -0.2) is 0 Å². The SMILES string of the molecule is COc1cc(C(=O)NCC(=O)N2CCCCC2)ccc1OC(F)F. The van der Waals surface area contributed by atoms with Crippen LogP contribution in [0.4, 0.5) is 8.78 Å². The van der Waals surface area contributed by atoms with Crippen LogP contribution in [0.3, 0.4) is 0 Å². The molecule has 1 heterocycles. The first-order valence-electron chi connectivity index (χ1n) is 7.70. The topological polar surface area (TPSA) is 67.9 Å². The first-order valence-corrected chi connectivity index (χ1v) is 7.70. The maximum atomic E-state index is 12.3. The molecule has 0 aromatic heterocycles. The number of halogens is 2. The van der Waals surface area contributed by atoms with E-state index < -0.39 is 12.5 Å². The lowest BCUT2D eigenvalue weighted by Crippen LogP contribution is -2.42. The average Bonchev–Trinajstić information content (AvgIpc) is 2.60. The fourth-order valence-corrected chi connectivity index (χ4v) is 2.52. The largest absolute Gasteiger partial charge is 0.493 e. The highest BCUT2D eigenvalue weighted by molar-refractivity contribution is 5.97. The highest BCUT2D eigenvalue weighted by Crippen LogP contribution is 2.29. The Balaban J connectivity index is 1.95. The molecule has 0 aliphatic carbocycles. The number of hydrogen-bond donors (Lipinski definition) is 1. The van der Waals surface area contributed by atoms with Crippen LogP contribution in [0.5, 0.6) is 11.5 Å². The molecule has 0 radical (unpaired) electrons. The minimum Gasteiger partial charge on any atom is -0.493 e. The third kappa shape index (κ3) is 4.81. The Morgan fingerprint density at radius 2 is 1.92 bits per heavy atom. The Morgan fingerprint density at radius 3 is 2.54 bits per heavy atom. The molecule has 0 bridgehead atoms. The van der Waals surface area contributed by atoms with Crippen LogP contribution in [0.1, 0.15) is 29.6 Å². The summed E-state index contributed by atoms with van der Waals surface area (Å²) in [5.74, 6) is -0.756. The number of rotatable bonds is 6. The summed E-state index contributed by atoms with van der Waals surface area (Å²) < 4.78 is 33.8. The van der Waals surface area contributed by atoms with Crippen LogP contribution in [0.2, 0.25) is 0 Å². The van der Waals surface area contributed by atoms with E-state index in [1.807, 2.05) is 0 Å². The zero-order chi connectivity index (χ0) is 17.5. The van der Waals surface area contributed by atoms with Crippen molar-refractivity contribution in [1.29, 1.82) is 0 Å². The molecule has 1 aromatic carbocycles. The number of likely N-dealkylation sites (tertiary alicyclic amines) is 1. The molecule has 2 amide bonds. The number of ether oxygens (including phenoxy) is 2. The molecular weight excluding hydrogens is 322 g/mol. The van der Waals surface area contributed by atoms with E-state index in [9.17, 15) is 18.4 Å². The second-order valence-corrected chi connectivity index (χ2v) is 5.37. The van der Waals surface area contributed by atoms with Gasteiger partial charge >= 0.3 is 6.61 Å². The molecule has 2 rings (SSSR count). The molecule has 1 fully saturated rings. The summed E-state index contributed by atoms with van der Waals surface area (Å²) in [6.45, 7) is -1.67. The number of nitrogens with zero attached hydrogens (tertiary/aromatic N) is 1. The molecule has 24 heavy (non-hydrogen) atoms. The van der Waals surface area contributed by atoms with Crippen LogP contribution in [0, 0.1) is 0 Å². The first kappa shape index (κ1) is 18.0. The van der Waals surface area contributed by atoms with Gasteiger partial charge in [-0.3, -0.25) is 9.59 Å². The van der Waals surface area contributed by atoms with Gasteiger partial charge in [0.2, 0.25) is 5.91 Å². The van der Waals surface area contributed by atoms with E-state index in [1.165, 1.54) is 25.3 Å². The molecule has 1 aliphatic heterocycles. The summed E-state index contributed by atoms with van der Waals surface area (Å²) >= 11 is 0. The summed E-state index contributed by atoms with van der Waals surface area (Å²) in [6.07, 6.45) is 3.06. The van der Waals surface area contributed by atoms with Crippen molar-refractivity contribution in [2.24, 2.45) is 0 Å². The number of hydrogen-bond acceptors (Lipinski definition) is 4. The number of carbonyl (C=O) groups excluding carboxylic acids is 2. The second-order valence-electron chi connectivity index (χ2n) is 5.37. The summed E-state index contributed by atoms with van der Waals surface area (Å²) in [5.41, 5.74) is 0.194. The lowest BCUT2D eigenvalue weighted by molar-refractivity contribution is -0.130. The molecule has 1 aliphatic rings. The molecule has 0 unspecified atom stereocenters. The van der Waals surface area contributed by atoms with Gasteiger partial charge < -0.3 is 19.7 Å². The predicted molar refractivity (Wildman–Crippen MR) is 82.4 cm³/mol. The van der Waals surface area contributed by atoms with Crippen molar-refractivity contribution < 1.29 is 27.8 Å². The Bertz CT molecular complexity index is 589. The van der Waals surface area contributed by atoms with Gasteiger partial charge in [-0.05, 0) is 37.5 Å². The van der Waals surface area contributed by atoms with Gasteiger partial charge in [0.05, 0.1) is 13.7 Å². The van der Waals surface area contributed by atoms with Gasteiger partial charge in [0.15, 0.2) is 11.5 Å². The Kier molecular flexibility index (Phi) is 6.34. The molecule has 1 N–H and O–H groups in total. The van der Waals surface area contributed by atoms with Gasteiger partial charge in [0, 0.05) is 18.7 Å². The van der Waals surface area contributed by atoms with Crippen LogP contribution in [-0.2, 0) is 4.79 Å². The minimum absolute atomic E-state index is 0.0188. The van der Waals surface area contributed by atoms with Crippen LogP contribution in [0.25, 0.3) is 0 Å².